The molecular formula is C55H58N4O9. The molecule has 6 aromatic carbocycles. The zero-order valence-corrected chi connectivity index (χ0v) is 39.4. The number of aryl methyl sites for hydroxylation is 2. The van der Waals surface area contributed by atoms with Crippen molar-refractivity contribution >= 4 is 24.0 Å². The molecule has 68 heavy (non-hydrogen) atoms. The molecule has 0 aliphatic heterocycles. The van der Waals surface area contributed by atoms with Crippen LogP contribution in [0.2, 0.25) is 0 Å². The van der Waals surface area contributed by atoms with E-state index < -0.39 is 35.8 Å². The summed E-state index contributed by atoms with van der Waals surface area (Å²) in [5.74, 6) is 0.170. The van der Waals surface area contributed by atoms with E-state index in [1.165, 1.54) is 14.2 Å². The molecule has 13 nitrogen and oxygen atoms in total. The van der Waals surface area contributed by atoms with Gasteiger partial charge < -0.3 is 45.0 Å². The van der Waals surface area contributed by atoms with Crippen LogP contribution in [0, 0.1) is 13.8 Å². The first kappa shape index (κ1) is 48.1. The number of hydrogen-bond acceptors (Lipinski definition) is 9. The first-order chi connectivity index (χ1) is 32.7. The highest BCUT2D eigenvalue weighted by Crippen LogP contribution is 2.44. The lowest BCUT2D eigenvalue weighted by Gasteiger charge is -2.26. The summed E-state index contributed by atoms with van der Waals surface area (Å²) in [6.45, 7) is 8.61. The van der Waals surface area contributed by atoms with Crippen molar-refractivity contribution in [1.29, 1.82) is 0 Å². The van der Waals surface area contributed by atoms with Crippen LogP contribution in [0.25, 0.3) is 11.1 Å². The molecule has 1 unspecified atom stereocenters. The van der Waals surface area contributed by atoms with Crippen LogP contribution in [0.1, 0.15) is 83.3 Å². The summed E-state index contributed by atoms with van der Waals surface area (Å²) in [6, 6.07) is 41.6. The average Bonchev–Trinajstić information content (AvgIpc) is 3.65. The zero-order chi connectivity index (χ0) is 48.4. The third-order valence-corrected chi connectivity index (χ3v) is 11.5. The SMILES string of the molecule is COc1ccc(C(NC(=O)[C@H](CNC(=O)OC(C)(C)C)NC(=O)OCC2c3ccccc3-c3ccccc32)c2ccc(OCC(=O)NC(c3ccc(C)cc3)c3ccc(C)cc3)cc2)c(OC)c1. The predicted octanol–water partition coefficient (Wildman–Crippen LogP) is 9.24. The number of rotatable bonds is 17. The number of carbonyl (C=O) groups excluding carboxylic acids is 4. The van der Waals surface area contributed by atoms with Crippen molar-refractivity contribution < 1.29 is 42.9 Å². The number of fused-ring (bicyclic) bond motifs is 3. The van der Waals surface area contributed by atoms with Crippen LogP contribution in [0.4, 0.5) is 9.59 Å². The monoisotopic (exact) mass is 918 g/mol. The lowest BCUT2D eigenvalue weighted by atomic mass is 9.96. The summed E-state index contributed by atoms with van der Waals surface area (Å²) in [4.78, 5) is 54.5. The molecule has 4 amide bonds. The first-order valence-electron chi connectivity index (χ1n) is 22.5. The third-order valence-electron chi connectivity index (χ3n) is 11.5. The summed E-state index contributed by atoms with van der Waals surface area (Å²) < 4.78 is 28.5. The molecular weight excluding hydrogens is 861 g/mol. The number of methoxy groups -OCH3 is 2. The molecule has 352 valence electrons. The molecule has 2 atom stereocenters. The van der Waals surface area contributed by atoms with Crippen LogP contribution in [0.5, 0.6) is 17.2 Å². The van der Waals surface area contributed by atoms with Gasteiger partial charge in [0.05, 0.1) is 32.8 Å². The van der Waals surface area contributed by atoms with E-state index in [4.69, 9.17) is 23.7 Å². The summed E-state index contributed by atoms with van der Waals surface area (Å²) in [7, 11) is 3.04. The molecule has 1 aliphatic carbocycles. The number of hydrogen-bond donors (Lipinski definition) is 4. The molecule has 0 saturated heterocycles. The van der Waals surface area contributed by atoms with Crippen molar-refractivity contribution in [3.05, 3.63) is 184 Å². The van der Waals surface area contributed by atoms with Gasteiger partial charge in [0.2, 0.25) is 5.91 Å². The molecule has 0 aromatic heterocycles. The van der Waals surface area contributed by atoms with Crippen LogP contribution >= 0.6 is 0 Å². The molecule has 1 aliphatic rings. The Hall–Kier alpha value is -7.80. The summed E-state index contributed by atoms with van der Waals surface area (Å²) in [6.07, 6.45) is -1.63. The van der Waals surface area contributed by atoms with Crippen molar-refractivity contribution in [2.24, 2.45) is 0 Å². The highest BCUT2D eigenvalue weighted by Gasteiger charge is 2.32. The van der Waals surface area contributed by atoms with Crippen LogP contribution in [-0.2, 0) is 19.1 Å². The Morgan fingerprint density at radius 2 is 1.15 bits per heavy atom. The van der Waals surface area contributed by atoms with E-state index in [0.717, 1.165) is 44.5 Å². The largest absolute Gasteiger partial charge is 0.497 e. The molecule has 0 bridgehead atoms. The lowest BCUT2D eigenvalue weighted by Crippen LogP contribution is -2.53. The molecule has 0 heterocycles. The Morgan fingerprint density at radius 3 is 1.71 bits per heavy atom. The Balaban J connectivity index is 1.09. The molecule has 0 spiro atoms. The second kappa shape index (κ2) is 21.7. The summed E-state index contributed by atoms with van der Waals surface area (Å²) >= 11 is 0. The van der Waals surface area contributed by atoms with Gasteiger partial charge in [-0.2, -0.15) is 0 Å². The molecule has 13 heteroatoms. The van der Waals surface area contributed by atoms with Gasteiger partial charge in [-0.3, -0.25) is 9.59 Å². The van der Waals surface area contributed by atoms with E-state index in [1.807, 2.05) is 111 Å². The smallest absolute Gasteiger partial charge is 0.407 e. The Kier molecular flexibility index (Phi) is 15.3. The van der Waals surface area contributed by atoms with E-state index in [2.05, 4.69) is 21.3 Å². The second-order valence-electron chi connectivity index (χ2n) is 17.6. The van der Waals surface area contributed by atoms with Gasteiger partial charge in [-0.15, -0.1) is 0 Å². The average molecular weight is 919 g/mol. The molecule has 4 N–H and O–H groups in total. The van der Waals surface area contributed by atoms with Gasteiger partial charge in [0.15, 0.2) is 6.61 Å². The van der Waals surface area contributed by atoms with Crippen molar-refractivity contribution in [3.63, 3.8) is 0 Å². The van der Waals surface area contributed by atoms with E-state index in [1.54, 1.807) is 63.2 Å². The minimum atomic E-state index is -1.32. The summed E-state index contributed by atoms with van der Waals surface area (Å²) in [5.41, 5.74) is 8.67. The van der Waals surface area contributed by atoms with Gasteiger partial charge >= 0.3 is 12.2 Å². The van der Waals surface area contributed by atoms with E-state index in [-0.39, 0.29) is 37.6 Å². The van der Waals surface area contributed by atoms with Crippen molar-refractivity contribution in [2.45, 2.75) is 64.3 Å². The maximum absolute atomic E-state index is 14.5. The Labute approximate surface area is 397 Å². The second-order valence-corrected chi connectivity index (χ2v) is 17.6. The van der Waals surface area contributed by atoms with Crippen LogP contribution in [0.15, 0.2) is 140 Å². The maximum atomic E-state index is 14.5. The van der Waals surface area contributed by atoms with E-state index in [9.17, 15) is 19.2 Å². The molecule has 0 radical (unpaired) electrons. The van der Waals surface area contributed by atoms with Crippen LogP contribution in [0.3, 0.4) is 0 Å². The quantitative estimate of drug-likeness (QED) is 0.0699. The number of amides is 4. The minimum absolute atomic E-state index is 0.00944. The predicted molar refractivity (Wildman–Crippen MR) is 260 cm³/mol. The molecule has 7 rings (SSSR count). The van der Waals surface area contributed by atoms with Crippen molar-refractivity contribution in [3.8, 4) is 28.4 Å². The molecule has 0 fully saturated rings. The van der Waals surface area contributed by atoms with E-state index >= 15 is 0 Å². The van der Waals surface area contributed by atoms with Crippen LogP contribution < -0.4 is 35.5 Å². The highest BCUT2D eigenvalue weighted by atomic mass is 16.6. The number of benzene rings is 6. The topological polar surface area (TPSA) is 163 Å². The number of nitrogens with one attached hydrogen (secondary N) is 4. The fraction of sp³-hybridized carbons (Fsp3) is 0.273. The van der Waals surface area contributed by atoms with Crippen LogP contribution in [-0.4, -0.2) is 69.6 Å². The zero-order valence-electron chi connectivity index (χ0n) is 39.4. The lowest BCUT2D eigenvalue weighted by molar-refractivity contribution is -0.124. The minimum Gasteiger partial charge on any atom is -0.497 e. The Morgan fingerprint density at radius 1 is 0.603 bits per heavy atom. The van der Waals surface area contributed by atoms with Gasteiger partial charge in [0.1, 0.15) is 35.5 Å². The standard InChI is InChI=1S/C55H58N4O9/c1-34-16-20-36(21-17-34)50(37-22-18-35(2)19-23-37)58-49(60)33-66-39-26-24-38(25-27-39)51(45-29-28-40(64-6)30-48(45)65-7)59-52(61)47(31-56-53(62)68-55(3,4)5)57-54(63)67-32-46-43-14-10-8-12-41(43)42-13-9-11-15-44(42)46/h8-30,46-47,50-51H,31-33H2,1-7H3,(H,56,62)(H,57,63)(H,58,60)(H,59,61)/t47-,51?/m0/s1. The van der Waals surface area contributed by atoms with Gasteiger partial charge in [-0.25, -0.2) is 9.59 Å². The van der Waals surface area contributed by atoms with Crippen molar-refractivity contribution in [2.75, 3.05) is 34.0 Å². The van der Waals surface area contributed by atoms with Gasteiger partial charge in [-0.05, 0) is 97.8 Å². The maximum Gasteiger partial charge on any atom is 0.407 e. The Bertz CT molecular complexity index is 2620. The van der Waals surface area contributed by atoms with Crippen molar-refractivity contribution in [1.82, 2.24) is 21.3 Å². The molecule has 0 saturated carbocycles. The number of carbonyl (C=O) groups is 4. The first-order valence-corrected chi connectivity index (χ1v) is 22.5. The third kappa shape index (κ3) is 12.1. The highest BCUT2D eigenvalue weighted by molar-refractivity contribution is 5.87. The van der Waals surface area contributed by atoms with E-state index in [0.29, 0.717) is 28.4 Å². The van der Waals surface area contributed by atoms with Gasteiger partial charge in [-0.1, -0.05) is 120 Å². The molecule has 6 aromatic rings. The number of alkyl carbamates (subject to hydrolysis) is 2. The fourth-order valence-electron chi connectivity index (χ4n) is 8.12. The van der Waals surface area contributed by atoms with Gasteiger partial charge in [0, 0.05) is 17.5 Å². The summed E-state index contributed by atoms with van der Waals surface area (Å²) in [5, 5.41) is 11.5. The fourth-order valence-corrected chi connectivity index (χ4v) is 8.12. The normalized spacial score (nSPS) is 12.7. The number of ether oxygens (including phenoxy) is 5. The van der Waals surface area contributed by atoms with Gasteiger partial charge in [0.25, 0.3) is 5.91 Å².